The van der Waals surface area contributed by atoms with Crippen molar-refractivity contribution in [2.75, 3.05) is 33.0 Å². The minimum atomic E-state index is -0.430. The van der Waals surface area contributed by atoms with Crippen LogP contribution < -0.4 is 10.6 Å². The number of ether oxygens (including phenoxy) is 1. The molecule has 0 spiro atoms. The number of aliphatic hydroxyl groups excluding tert-OH is 2. The molecular weight excluding hydrogens is 212 g/mol. The summed E-state index contributed by atoms with van der Waals surface area (Å²) in [7, 11) is 0. The molecule has 0 aliphatic carbocycles. The summed E-state index contributed by atoms with van der Waals surface area (Å²) in [6, 6.07) is -0.245. The maximum absolute atomic E-state index is 11.5. The van der Waals surface area contributed by atoms with Crippen LogP contribution in [0, 0.1) is 0 Å². The quantitative estimate of drug-likeness (QED) is 0.435. The molecule has 6 nitrogen and oxygen atoms in total. The molecule has 1 fully saturated rings. The van der Waals surface area contributed by atoms with Crippen LogP contribution in [0.5, 0.6) is 0 Å². The van der Waals surface area contributed by atoms with E-state index in [0.717, 1.165) is 12.8 Å². The van der Waals surface area contributed by atoms with Crippen LogP contribution in [0.25, 0.3) is 0 Å². The molecule has 1 amide bonds. The number of nitrogens with one attached hydrogen (secondary N) is 2. The molecule has 4 N–H and O–H groups in total. The van der Waals surface area contributed by atoms with Crippen molar-refractivity contribution < 1.29 is 19.7 Å². The molecule has 0 aromatic carbocycles. The van der Waals surface area contributed by atoms with Crippen molar-refractivity contribution in [1.82, 2.24) is 10.6 Å². The maximum atomic E-state index is 11.5. The van der Waals surface area contributed by atoms with Gasteiger partial charge in [0.1, 0.15) is 0 Å². The van der Waals surface area contributed by atoms with Crippen molar-refractivity contribution in [2.24, 2.45) is 0 Å². The van der Waals surface area contributed by atoms with Gasteiger partial charge in [-0.15, -0.1) is 0 Å². The number of carbonyl (C=O) groups excluding carboxylic acids is 1. The third-order valence-corrected chi connectivity index (χ3v) is 2.58. The van der Waals surface area contributed by atoms with Crippen molar-refractivity contribution in [3.8, 4) is 0 Å². The first-order chi connectivity index (χ1) is 7.76. The molecule has 0 aromatic rings. The Morgan fingerprint density at radius 3 is 2.50 bits per heavy atom. The van der Waals surface area contributed by atoms with Gasteiger partial charge in [0.05, 0.1) is 25.8 Å². The van der Waals surface area contributed by atoms with Crippen LogP contribution in [0.1, 0.15) is 12.8 Å². The van der Waals surface area contributed by atoms with Gasteiger partial charge in [0.2, 0.25) is 5.91 Å². The van der Waals surface area contributed by atoms with Crippen LogP contribution in [0.3, 0.4) is 0 Å². The van der Waals surface area contributed by atoms with Gasteiger partial charge in [-0.3, -0.25) is 4.79 Å². The molecule has 0 radical (unpaired) electrons. The maximum Gasteiger partial charge on any atom is 0.234 e. The lowest BCUT2D eigenvalue weighted by Crippen LogP contribution is -2.46. The number of hydrogen-bond acceptors (Lipinski definition) is 5. The lowest BCUT2D eigenvalue weighted by Gasteiger charge is -2.23. The number of aliphatic hydroxyl groups is 2. The van der Waals surface area contributed by atoms with Crippen LogP contribution in [0.15, 0.2) is 0 Å². The summed E-state index contributed by atoms with van der Waals surface area (Å²) < 4.78 is 5.18. The van der Waals surface area contributed by atoms with Gasteiger partial charge in [0, 0.05) is 19.3 Å². The zero-order chi connectivity index (χ0) is 11.8. The minimum Gasteiger partial charge on any atom is -0.395 e. The van der Waals surface area contributed by atoms with Crippen molar-refractivity contribution in [3.05, 3.63) is 0 Å². The molecule has 1 aliphatic heterocycles. The third kappa shape index (κ3) is 4.89. The molecule has 94 valence electrons. The van der Waals surface area contributed by atoms with Crippen LogP contribution in [-0.2, 0) is 9.53 Å². The SMILES string of the molecule is O=C(CNC(CO)CO)NC1CCOCC1. The molecular formula is C10H20N2O4. The topological polar surface area (TPSA) is 90.8 Å². The highest BCUT2D eigenvalue weighted by Crippen LogP contribution is 2.05. The fourth-order valence-corrected chi connectivity index (χ4v) is 1.54. The second-order valence-electron chi connectivity index (χ2n) is 3.90. The molecule has 1 heterocycles. The normalized spacial score (nSPS) is 17.7. The summed E-state index contributed by atoms with van der Waals surface area (Å²) in [5.41, 5.74) is 0. The molecule has 1 saturated heterocycles. The van der Waals surface area contributed by atoms with E-state index >= 15 is 0 Å². The first-order valence-electron chi connectivity index (χ1n) is 5.58. The summed E-state index contributed by atoms with van der Waals surface area (Å²) >= 11 is 0. The van der Waals surface area contributed by atoms with Crippen molar-refractivity contribution in [3.63, 3.8) is 0 Å². The summed E-state index contributed by atoms with van der Waals surface area (Å²) in [6.45, 7) is 1.13. The number of carbonyl (C=O) groups is 1. The van der Waals surface area contributed by atoms with E-state index in [1.165, 1.54) is 0 Å². The Balaban J connectivity index is 2.14. The Kier molecular flexibility index (Phi) is 6.32. The van der Waals surface area contributed by atoms with E-state index in [4.69, 9.17) is 14.9 Å². The molecule has 0 atom stereocenters. The summed E-state index contributed by atoms with van der Waals surface area (Å²) in [6.07, 6.45) is 1.68. The van der Waals surface area contributed by atoms with Gasteiger partial charge in [-0.2, -0.15) is 0 Å². The van der Waals surface area contributed by atoms with Crippen LogP contribution in [0.2, 0.25) is 0 Å². The van der Waals surface area contributed by atoms with E-state index in [9.17, 15) is 4.79 Å². The second-order valence-corrected chi connectivity index (χ2v) is 3.90. The number of hydrogen-bond donors (Lipinski definition) is 4. The highest BCUT2D eigenvalue weighted by atomic mass is 16.5. The van der Waals surface area contributed by atoms with Gasteiger partial charge in [0.25, 0.3) is 0 Å². The molecule has 0 unspecified atom stereocenters. The lowest BCUT2D eigenvalue weighted by molar-refractivity contribution is -0.121. The first-order valence-corrected chi connectivity index (χ1v) is 5.58. The van der Waals surface area contributed by atoms with Gasteiger partial charge in [-0.25, -0.2) is 0 Å². The van der Waals surface area contributed by atoms with Gasteiger partial charge in [0.15, 0.2) is 0 Å². The highest BCUT2D eigenvalue weighted by Gasteiger charge is 2.16. The Bertz CT molecular complexity index is 203. The highest BCUT2D eigenvalue weighted by molar-refractivity contribution is 5.78. The monoisotopic (exact) mass is 232 g/mol. The van der Waals surface area contributed by atoms with E-state index in [0.29, 0.717) is 13.2 Å². The van der Waals surface area contributed by atoms with E-state index < -0.39 is 6.04 Å². The van der Waals surface area contributed by atoms with Crippen LogP contribution in [0.4, 0.5) is 0 Å². The summed E-state index contributed by atoms with van der Waals surface area (Å²) in [5.74, 6) is -0.112. The Labute approximate surface area is 95.0 Å². The smallest absolute Gasteiger partial charge is 0.234 e. The largest absolute Gasteiger partial charge is 0.395 e. The minimum absolute atomic E-state index is 0.112. The number of amides is 1. The zero-order valence-corrected chi connectivity index (χ0v) is 9.32. The average molecular weight is 232 g/mol. The Hall–Kier alpha value is -0.690. The summed E-state index contributed by atoms with van der Waals surface area (Å²) in [5, 5.41) is 23.2. The molecule has 1 rings (SSSR count). The lowest BCUT2D eigenvalue weighted by atomic mass is 10.1. The van der Waals surface area contributed by atoms with E-state index in [2.05, 4.69) is 10.6 Å². The van der Waals surface area contributed by atoms with Crippen molar-refractivity contribution in [1.29, 1.82) is 0 Å². The van der Waals surface area contributed by atoms with Crippen molar-refractivity contribution in [2.45, 2.75) is 24.9 Å². The van der Waals surface area contributed by atoms with E-state index in [1.54, 1.807) is 0 Å². The fourth-order valence-electron chi connectivity index (χ4n) is 1.54. The predicted molar refractivity (Wildman–Crippen MR) is 57.9 cm³/mol. The Morgan fingerprint density at radius 1 is 1.31 bits per heavy atom. The van der Waals surface area contributed by atoms with E-state index in [1.807, 2.05) is 0 Å². The first kappa shape index (κ1) is 13.4. The predicted octanol–water partition coefficient (Wildman–Crippen LogP) is -1.78. The molecule has 16 heavy (non-hydrogen) atoms. The molecule has 0 saturated carbocycles. The average Bonchev–Trinajstić information content (AvgIpc) is 2.31. The molecule has 0 aromatic heterocycles. The fraction of sp³-hybridized carbons (Fsp3) is 0.900. The molecule has 6 heteroatoms. The Morgan fingerprint density at radius 2 is 1.94 bits per heavy atom. The van der Waals surface area contributed by atoms with Crippen LogP contribution >= 0.6 is 0 Å². The molecule has 1 aliphatic rings. The third-order valence-electron chi connectivity index (χ3n) is 2.58. The van der Waals surface area contributed by atoms with E-state index in [-0.39, 0.29) is 31.7 Å². The van der Waals surface area contributed by atoms with Gasteiger partial charge in [-0.05, 0) is 12.8 Å². The van der Waals surface area contributed by atoms with Crippen molar-refractivity contribution >= 4 is 5.91 Å². The zero-order valence-electron chi connectivity index (χ0n) is 9.32. The van der Waals surface area contributed by atoms with Gasteiger partial charge >= 0.3 is 0 Å². The van der Waals surface area contributed by atoms with Gasteiger partial charge < -0.3 is 25.6 Å². The molecule has 0 bridgehead atoms. The summed E-state index contributed by atoms with van der Waals surface area (Å²) in [4.78, 5) is 11.5. The second kappa shape index (κ2) is 7.56. The van der Waals surface area contributed by atoms with Gasteiger partial charge in [-0.1, -0.05) is 0 Å². The van der Waals surface area contributed by atoms with Crippen LogP contribution in [-0.4, -0.2) is 61.2 Å². The standard InChI is InChI=1S/C10H20N2O4/c13-6-9(7-14)11-5-10(15)12-8-1-3-16-4-2-8/h8-9,11,13-14H,1-7H2,(H,12,15). The number of rotatable bonds is 6.